The lowest BCUT2D eigenvalue weighted by molar-refractivity contribution is -0.136. The van der Waals surface area contributed by atoms with Crippen LogP contribution in [-0.4, -0.2) is 101 Å². The lowest BCUT2D eigenvalue weighted by atomic mass is 9.82. The highest BCUT2D eigenvalue weighted by Crippen LogP contribution is 2.38. The molecule has 10 nitrogen and oxygen atoms in total. The fourth-order valence-corrected chi connectivity index (χ4v) is 7.18. The zero-order valence-electron chi connectivity index (χ0n) is 25.4. The van der Waals surface area contributed by atoms with E-state index in [1.165, 1.54) is 4.90 Å². The van der Waals surface area contributed by atoms with Crippen LogP contribution in [-0.2, 0) is 25.6 Å². The number of hydrogen-bond donors (Lipinski definition) is 1. The standard InChI is InChI=1S/C32H43FN4O6/c1-32(2,3)43-31(41)35-11-8-22(9-12-35)42-23-15-21(16-23)36-13-10-24(26(33)18-36)19-4-5-25-20(14-19)17-37(30(25)40)27-6-7-28(38)34-29(27)39/h4-5,14,21-24,26-27H,6-13,15-18H2,1-3H3,(H,34,38,39)/t21-,23-,24-,26-,27?/m1/s1. The number of nitrogens with one attached hydrogen (secondary N) is 1. The van der Waals surface area contributed by atoms with Gasteiger partial charge in [-0.15, -0.1) is 0 Å². The van der Waals surface area contributed by atoms with Crippen molar-refractivity contribution in [3.05, 3.63) is 34.9 Å². The number of benzene rings is 1. The number of carbonyl (C=O) groups excluding carboxylic acids is 4. The van der Waals surface area contributed by atoms with E-state index in [4.69, 9.17) is 9.47 Å². The number of carbonyl (C=O) groups is 4. The summed E-state index contributed by atoms with van der Waals surface area (Å²) in [6.07, 6.45) is 3.70. The van der Waals surface area contributed by atoms with Crippen LogP contribution in [0.1, 0.15) is 93.1 Å². The average molecular weight is 599 g/mol. The number of halogens is 1. The summed E-state index contributed by atoms with van der Waals surface area (Å²) >= 11 is 0. The van der Waals surface area contributed by atoms with Gasteiger partial charge in [0.15, 0.2) is 0 Å². The lowest BCUT2D eigenvalue weighted by Crippen LogP contribution is -2.54. The molecule has 43 heavy (non-hydrogen) atoms. The third kappa shape index (κ3) is 6.43. The van der Waals surface area contributed by atoms with Crippen LogP contribution in [0.3, 0.4) is 0 Å². The molecule has 0 spiro atoms. The fourth-order valence-electron chi connectivity index (χ4n) is 7.18. The van der Waals surface area contributed by atoms with Crippen molar-refractivity contribution in [2.24, 2.45) is 0 Å². The van der Waals surface area contributed by atoms with Gasteiger partial charge in [-0.1, -0.05) is 12.1 Å². The number of ether oxygens (including phenoxy) is 2. The van der Waals surface area contributed by atoms with Gasteiger partial charge in [0.2, 0.25) is 11.8 Å². The number of amides is 4. The highest BCUT2D eigenvalue weighted by atomic mass is 19.1. The quantitative estimate of drug-likeness (QED) is 0.517. The molecule has 1 N–H and O–H groups in total. The average Bonchev–Trinajstić information content (AvgIpc) is 3.25. The first-order valence-corrected chi connectivity index (χ1v) is 15.7. The van der Waals surface area contributed by atoms with E-state index in [1.54, 1.807) is 11.0 Å². The number of nitrogens with zero attached hydrogens (tertiary/aromatic N) is 3. The monoisotopic (exact) mass is 598 g/mol. The van der Waals surface area contributed by atoms with Gasteiger partial charge in [-0.25, -0.2) is 9.18 Å². The Morgan fingerprint density at radius 1 is 1.00 bits per heavy atom. The molecule has 1 saturated carbocycles. The smallest absolute Gasteiger partial charge is 0.410 e. The van der Waals surface area contributed by atoms with Gasteiger partial charge in [-0.3, -0.25) is 24.6 Å². The van der Waals surface area contributed by atoms with Gasteiger partial charge in [0.25, 0.3) is 5.91 Å². The Balaban J connectivity index is 0.957. The molecule has 1 aliphatic carbocycles. The number of piperidine rings is 3. The summed E-state index contributed by atoms with van der Waals surface area (Å²) in [5.74, 6) is -1.18. The Morgan fingerprint density at radius 2 is 1.74 bits per heavy atom. The van der Waals surface area contributed by atoms with Crippen molar-refractivity contribution in [3.8, 4) is 0 Å². The molecule has 4 fully saturated rings. The first-order chi connectivity index (χ1) is 20.4. The predicted octanol–water partition coefficient (Wildman–Crippen LogP) is 3.52. The summed E-state index contributed by atoms with van der Waals surface area (Å²) < 4.78 is 27.4. The molecule has 3 saturated heterocycles. The molecule has 4 heterocycles. The maximum Gasteiger partial charge on any atom is 0.410 e. The minimum absolute atomic E-state index is 0.141. The third-order valence-electron chi connectivity index (χ3n) is 9.61. The maximum absolute atomic E-state index is 15.6. The van der Waals surface area contributed by atoms with Crippen LogP contribution in [0.25, 0.3) is 0 Å². The summed E-state index contributed by atoms with van der Waals surface area (Å²) in [5, 5.41) is 2.33. The molecule has 4 amide bonds. The molecule has 234 valence electrons. The first kappa shape index (κ1) is 30.0. The SMILES string of the molecule is CC(C)(C)OC(=O)N1CCC(O[C@H]2C[C@H](N3CC[C@H](c4ccc5c(c4)CN(C4CCC(=O)NC4=O)C5=O)[C@H](F)C3)C2)CC1. The largest absolute Gasteiger partial charge is 0.444 e. The minimum Gasteiger partial charge on any atom is -0.444 e. The van der Waals surface area contributed by atoms with E-state index < -0.39 is 23.7 Å². The molecule has 4 aliphatic heterocycles. The molecule has 0 aromatic heterocycles. The number of likely N-dealkylation sites (tertiary alicyclic amines) is 2. The van der Waals surface area contributed by atoms with Crippen molar-refractivity contribution < 1.29 is 33.0 Å². The molecule has 3 atom stereocenters. The minimum atomic E-state index is -1.01. The molecule has 0 radical (unpaired) electrons. The Hall–Kier alpha value is -3.05. The van der Waals surface area contributed by atoms with Crippen LogP contribution in [0, 0.1) is 0 Å². The second-order valence-corrected chi connectivity index (χ2v) is 13.8. The van der Waals surface area contributed by atoms with Crippen molar-refractivity contribution in [2.45, 2.75) is 114 Å². The Morgan fingerprint density at radius 3 is 2.42 bits per heavy atom. The van der Waals surface area contributed by atoms with E-state index in [0.29, 0.717) is 50.6 Å². The zero-order valence-corrected chi connectivity index (χ0v) is 25.4. The van der Waals surface area contributed by atoms with E-state index in [2.05, 4.69) is 10.2 Å². The van der Waals surface area contributed by atoms with Crippen molar-refractivity contribution in [1.82, 2.24) is 20.0 Å². The van der Waals surface area contributed by atoms with Crippen molar-refractivity contribution >= 4 is 23.8 Å². The molecule has 1 aromatic rings. The number of imide groups is 1. The van der Waals surface area contributed by atoms with E-state index in [9.17, 15) is 19.2 Å². The lowest BCUT2D eigenvalue weighted by Gasteiger charge is -2.47. The molecule has 5 aliphatic rings. The maximum atomic E-state index is 15.6. The molecular formula is C32H43FN4O6. The van der Waals surface area contributed by atoms with Gasteiger partial charge in [-0.05, 0) is 83.0 Å². The van der Waals surface area contributed by atoms with Crippen molar-refractivity contribution in [2.75, 3.05) is 26.2 Å². The number of fused-ring (bicyclic) bond motifs is 1. The van der Waals surface area contributed by atoms with E-state index in [-0.39, 0.29) is 42.5 Å². The van der Waals surface area contributed by atoms with Gasteiger partial charge >= 0.3 is 6.09 Å². The molecule has 1 unspecified atom stereocenters. The normalized spacial score (nSPS) is 30.6. The zero-order chi connectivity index (χ0) is 30.5. The van der Waals surface area contributed by atoms with Gasteiger partial charge < -0.3 is 19.3 Å². The van der Waals surface area contributed by atoms with Gasteiger partial charge in [-0.2, -0.15) is 0 Å². The summed E-state index contributed by atoms with van der Waals surface area (Å²) in [6, 6.07) is 5.24. The second-order valence-electron chi connectivity index (χ2n) is 13.8. The number of hydrogen-bond acceptors (Lipinski definition) is 7. The van der Waals surface area contributed by atoms with Crippen molar-refractivity contribution in [1.29, 1.82) is 0 Å². The molecular weight excluding hydrogens is 555 g/mol. The Kier molecular flexibility index (Phi) is 8.23. The molecule has 11 heteroatoms. The highest BCUT2D eigenvalue weighted by molar-refractivity contribution is 6.05. The van der Waals surface area contributed by atoms with Crippen molar-refractivity contribution in [3.63, 3.8) is 0 Å². The van der Waals surface area contributed by atoms with Gasteiger partial charge in [0.1, 0.15) is 17.8 Å². The van der Waals surface area contributed by atoms with E-state index in [0.717, 1.165) is 43.4 Å². The topological polar surface area (TPSA) is 108 Å². The van der Waals surface area contributed by atoms with Crippen LogP contribution in [0.4, 0.5) is 9.18 Å². The number of alkyl halides is 1. The molecule has 6 rings (SSSR count). The van der Waals surface area contributed by atoms with E-state index in [1.807, 2.05) is 32.9 Å². The Labute approximate surface area is 252 Å². The second kappa shape index (κ2) is 11.8. The Bertz CT molecular complexity index is 1270. The van der Waals surface area contributed by atoms with Crippen LogP contribution in [0.5, 0.6) is 0 Å². The van der Waals surface area contributed by atoms with E-state index >= 15 is 4.39 Å². The van der Waals surface area contributed by atoms with Crippen LogP contribution in [0.2, 0.25) is 0 Å². The van der Waals surface area contributed by atoms with Gasteiger partial charge in [0, 0.05) is 50.1 Å². The summed E-state index contributed by atoms with van der Waals surface area (Å²) in [6.45, 7) is 8.39. The molecule has 0 bridgehead atoms. The number of rotatable bonds is 5. The van der Waals surface area contributed by atoms with Gasteiger partial charge in [0.05, 0.1) is 12.2 Å². The summed E-state index contributed by atoms with van der Waals surface area (Å²) in [4.78, 5) is 54.8. The fraction of sp³-hybridized carbons (Fsp3) is 0.688. The van der Waals surface area contributed by atoms with Crippen LogP contribution < -0.4 is 5.32 Å². The summed E-state index contributed by atoms with van der Waals surface area (Å²) in [5.41, 5.74) is 1.77. The first-order valence-electron chi connectivity index (χ1n) is 15.7. The summed E-state index contributed by atoms with van der Waals surface area (Å²) in [7, 11) is 0. The van der Waals surface area contributed by atoms with Crippen LogP contribution in [0.15, 0.2) is 18.2 Å². The third-order valence-corrected chi connectivity index (χ3v) is 9.61. The van der Waals surface area contributed by atoms with Crippen LogP contribution >= 0.6 is 0 Å². The predicted molar refractivity (Wildman–Crippen MR) is 155 cm³/mol. The molecule has 1 aromatic carbocycles. The highest BCUT2D eigenvalue weighted by Gasteiger charge is 2.42.